The average molecular weight is 552 g/mol. The molecule has 0 unspecified atom stereocenters. The number of fused-ring (bicyclic) bond motifs is 1. The predicted octanol–water partition coefficient (Wildman–Crippen LogP) is 4.76. The Labute approximate surface area is 224 Å². The standard InChI is InChI=1S/C27H20F4N6O3/c1-13-8-16(10-19(40-13)15-6-7-33-20(11-15)39-3)24-34-21(17-5-4-14(12-32)9-18(17)28)22-23(35-24)25(38)37(2)26(36-22)27(29,30)31/h4-9,11,13,19H,10H2,1-3H3/t13-,19+/m0/s1. The van der Waals surface area contributed by atoms with Crippen molar-refractivity contribution < 1.29 is 27.0 Å². The topological polar surface area (TPSA) is 116 Å². The summed E-state index contributed by atoms with van der Waals surface area (Å²) < 4.78 is 68.0. The number of ether oxygens (including phenoxy) is 2. The Morgan fingerprint density at radius 3 is 2.60 bits per heavy atom. The number of alkyl halides is 3. The Balaban J connectivity index is 1.74. The summed E-state index contributed by atoms with van der Waals surface area (Å²) in [4.78, 5) is 29.7. The Morgan fingerprint density at radius 2 is 1.93 bits per heavy atom. The molecule has 0 fully saturated rings. The van der Waals surface area contributed by atoms with Crippen LogP contribution in [0.1, 0.15) is 42.2 Å². The molecular formula is C27H20F4N6O3. The van der Waals surface area contributed by atoms with Crippen LogP contribution in [0.5, 0.6) is 5.88 Å². The second-order valence-electron chi connectivity index (χ2n) is 9.05. The second-order valence-corrected chi connectivity index (χ2v) is 9.05. The Bertz CT molecular complexity index is 1780. The molecule has 1 aromatic carbocycles. The van der Waals surface area contributed by atoms with Crippen molar-refractivity contribution in [3.8, 4) is 23.2 Å². The molecule has 0 aliphatic carbocycles. The van der Waals surface area contributed by atoms with Gasteiger partial charge in [-0.1, -0.05) is 0 Å². The third-order valence-electron chi connectivity index (χ3n) is 6.38. The summed E-state index contributed by atoms with van der Waals surface area (Å²) in [6.07, 6.45) is -2.39. The third-order valence-corrected chi connectivity index (χ3v) is 6.38. The molecule has 5 rings (SSSR count). The van der Waals surface area contributed by atoms with E-state index >= 15 is 4.39 Å². The van der Waals surface area contributed by atoms with Crippen molar-refractivity contribution in [3.63, 3.8) is 0 Å². The molecule has 1 aliphatic rings. The fourth-order valence-corrected chi connectivity index (χ4v) is 4.50. The normalized spacial score (nSPS) is 17.4. The molecule has 204 valence electrons. The first-order valence-electron chi connectivity index (χ1n) is 11.9. The van der Waals surface area contributed by atoms with Crippen LogP contribution in [-0.2, 0) is 18.0 Å². The van der Waals surface area contributed by atoms with Crippen molar-refractivity contribution in [3.05, 3.63) is 81.6 Å². The van der Waals surface area contributed by atoms with Gasteiger partial charge in [0, 0.05) is 31.3 Å². The number of methoxy groups -OCH3 is 1. The predicted molar refractivity (Wildman–Crippen MR) is 134 cm³/mol. The molecule has 0 bridgehead atoms. The van der Waals surface area contributed by atoms with Crippen molar-refractivity contribution >= 4 is 16.6 Å². The van der Waals surface area contributed by atoms with E-state index < -0.39 is 46.6 Å². The summed E-state index contributed by atoms with van der Waals surface area (Å²) in [5.41, 5.74) is -1.29. The molecule has 0 N–H and O–H groups in total. The monoisotopic (exact) mass is 552 g/mol. The van der Waals surface area contributed by atoms with Crippen molar-refractivity contribution in [2.75, 3.05) is 7.11 Å². The zero-order valence-corrected chi connectivity index (χ0v) is 21.3. The lowest BCUT2D eigenvalue weighted by atomic mass is 9.97. The van der Waals surface area contributed by atoms with Crippen LogP contribution in [0.25, 0.3) is 27.9 Å². The van der Waals surface area contributed by atoms with Crippen molar-refractivity contribution in [2.24, 2.45) is 7.05 Å². The minimum Gasteiger partial charge on any atom is -0.481 e. The maximum Gasteiger partial charge on any atom is 0.449 e. The highest BCUT2D eigenvalue weighted by atomic mass is 19.4. The van der Waals surface area contributed by atoms with Crippen LogP contribution in [-0.4, -0.2) is 37.7 Å². The maximum absolute atomic E-state index is 15.2. The fraction of sp³-hybridized carbons (Fsp3) is 0.259. The molecule has 0 saturated carbocycles. The molecule has 0 spiro atoms. The molecule has 0 saturated heterocycles. The Hall–Kier alpha value is -4.70. The molecule has 0 radical (unpaired) electrons. The number of rotatable bonds is 4. The molecular weight excluding hydrogens is 532 g/mol. The van der Waals surface area contributed by atoms with E-state index in [1.807, 2.05) is 0 Å². The first kappa shape index (κ1) is 26.9. The van der Waals surface area contributed by atoms with E-state index in [1.54, 1.807) is 37.4 Å². The van der Waals surface area contributed by atoms with E-state index in [-0.39, 0.29) is 29.1 Å². The van der Waals surface area contributed by atoms with Crippen LogP contribution in [0, 0.1) is 17.1 Å². The lowest BCUT2D eigenvalue weighted by Crippen LogP contribution is -2.29. The van der Waals surface area contributed by atoms with Crippen molar-refractivity contribution in [2.45, 2.75) is 31.7 Å². The largest absolute Gasteiger partial charge is 0.481 e. The number of halogens is 4. The van der Waals surface area contributed by atoms with Crippen LogP contribution in [0.4, 0.5) is 17.6 Å². The lowest BCUT2D eigenvalue weighted by Gasteiger charge is -2.28. The number of aromatic nitrogens is 5. The number of hydrogen-bond donors (Lipinski definition) is 0. The highest BCUT2D eigenvalue weighted by molar-refractivity contribution is 5.90. The van der Waals surface area contributed by atoms with E-state index in [0.29, 0.717) is 16.0 Å². The van der Waals surface area contributed by atoms with Gasteiger partial charge in [0.2, 0.25) is 11.7 Å². The van der Waals surface area contributed by atoms with Crippen LogP contribution < -0.4 is 10.3 Å². The zero-order chi connectivity index (χ0) is 28.8. The SMILES string of the molecule is COc1cc([C@H]2CC(c3nc(-c4ccc(C#N)cc4F)c4nc(C(F)(F)F)n(C)c(=O)c4n3)=C[C@H](C)O2)ccn1. The van der Waals surface area contributed by atoms with E-state index in [9.17, 15) is 18.0 Å². The van der Waals surface area contributed by atoms with Gasteiger partial charge in [0.1, 0.15) is 17.0 Å². The fourth-order valence-electron chi connectivity index (χ4n) is 4.50. The minimum absolute atomic E-state index is 0.00345. The molecule has 0 amide bonds. The van der Waals surface area contributed by atoms with Crippen LogP contribution in [0.3, 0.4) is 0 Å². The number of benzene rings is 1. The van der Waals surface area contributed by atoms with E-state index in [0.717, 1.165) is 18.7 Å². The van der Waals surface area contributed by atoms with Gasteiger partial charge >= 0.3 is 6.18 Å². The van der Waals surface area contributed by atoms with Gasteiger partial charge in [-0.2, -0.15) is 18.4 Å². The van der Waals surface area contributed by atoms with Gasteiger partial charge in [0.05, 0.1) is 31.0 Å². The lowest BCUT2D eigenvalue weighted by molar-refractivity contribution is -0.147. The summed E-state index contributed by atoms with van der Waals surface area (Å²) in [5.74, 6) is -2.02. The summed E-state index contributed by atoms with van der Waals surface area (Å²) in [6.45, 7) is 1.78. The first-order chi connectivity index (χ1) is 19.0. The summed E-state index contributed by atoms with van der Waals surface area (Å²) >= 11 is 0. The molecule has 40 heavy (non-hydrogen) atoms. The molecule has 3 aromatic heterocycles. The van der Waals surface area contributed by atoms with E-state index in [4.69, 9.17) is 14.7 Å². The summed E-state index contributed by atoms with van der Waals surface area (Å²) in [7, 11) is 2.41. The van der Waals surface area contributed by atoms with Crippen molar-refractivity contribution in [1.82, 2.24) is 24.5 Å². The molecule has 9 nitrogen and oxygen atoms in total. The quantitative estimate of drug-likeness (QED) is 0.333. The molecule has 2 atom stereocenters. The molecule has 4 aromatic rings. The van der Waals surface area contributed by atoms with Gasteiger partial charge in [0.25, 0.3) is 5.56 Å². The minimum atomic E-state index is -4.97. The Kier molecular flexibility index (Phi) is 6.80. The summed E-state index contributed by atoms with van der Waals surface area (Å²) in [5, 5.41) is 9.12. The van der Waals surface area contributed by atoms with Gasteiger partial charge in [-0.15, -0.1) is 0 Å². The second kappa shape index (κ2) is 10.1. The number of pyridine rings is 1. The number of nitrogens with zero attached hydrogens (tertiary/aromatic N) is 6. The number of hydrogen-bond acceptors (Lipinski definition) is 8. The molecule has 13 heteroatoms. The van der Waals surface area contributed by atoms with Gasteiger partial charge in [-0.05, 0) is 48.4 Å². The Morgan fingerprint density at radius 1 is 1.15 bits per heavy atom. The van der Waals surface area contributed by atoms with Gasteiger partial charge < -0.3 is 9.47 Å². The molecule has 4 heterocycles. The van der Waals surface area contributed by atoms with Gasteiger partial charge in [0.15, 0.2) is 11.3 Å². The summed E-state index contributed by atoms with van der Waals surface area (Å²) in [6, 6.07) is 8.68. The van der Waals surface area contributed by atoms with Crippen LogP contribution in [0.2, 0.25) is 0 Å². The highest BCUT2D eigenvalue weighted by Crippen LogP contribution is 2.37. The third kappa shape index (κ3) is 4.89. The first-order valence-corrected chi connectivity index (χ1v) is 11.9. The van der Waals surface area contributed by atoms with E-state index in [1.165, 1.54) is 19.2 Å². The molecule has 1 aliphatic heterocycles. The maximum atomic E-state index is 15.2. The van der Waals surface area contributed by atoms with Gasteiger partial charge in [-0.25, -0.2) is 24.3 Å². The van der Waals surface area contributed by atoms with Crippen molar-refractivity contribution in [1.29, 1.82) is 5.26 Å². The zero-order valence-electron chi connectivity index (χ0n) is 21.3. The number of nitriles is 1. The van der Waals surface area contributed by atoms with E-state index in [2.05, 4.69) is 19.9 Å². The van der Waals surface area contributed by atoms with Gasteiger partial charge in [-0.3, -0.25) is 9.36 Å². The smallest absolute Gasteiger partial charge is 0.449 e. The van der Waals surface area contributed by atoms with Crippen LogP contribution >= 0.6 is 0 Å². The highest BCUT2D eigenvalue weighted by Gasteiger charge is 2.37. The average Bonchev–Trinajstić information content (AvgIpc) is 2.93. The van der Waals surface area contributed by atoms with Crippen LogP contribution in [0.15, 0.2) is 47.4 Å².